The van der Waals surface area contributed by atoms with Gasteiger partial charge in [-0.15, -0.1) is 0 Å². The highest BCUT2D eigenvalue weighted by atomic mass is 35.5. The Bertz CT molecular complexity index is 669. The molecule has 0 saturated carbocycles. The van der Waals surface area contributed by atoms with Crippen molar-refractivity contribution in [3.05, 3.63) is 57.3 Å². The van der Waals surface area contributed by atoms with E-state index in [9.17, 15) is 9.59 Å². The summed E-state index contributed by atoms with van der Waals surface area (Å²) >= 11 is 17.4. The molecule has 0 saturated heterocycles. The third-order valence-electron chi connectivity index (χ3n) is 2.41. The monoisotopic (exact) mass is 343 g/mol. The van der Waals surface area contributed by atoms with E-state index in [4.69, 9.17) is 34.8 Å². The van der Waals surface area contributed by atoms with Gasteiger partial charge in [-0.05, 0) is 24.3 Å². The Morgan fingerprint density at radius 3 is 2.10 bits per heavy atom. The number of nitrogens with zero attached hydrogens (tertiary/aromatic N) is 1. The molecule has 0 radical (unpaired) electrons. The maximum Gasteiger partial charge on any atom is 0.326 e. The number of pyridine rings is 1. The zero-order chi connectivity index (χ0) is 15.4. The van der Waals surface area contributed by atoms with E-state index in [0.29, 0.717) is 10.7 Å². The van der Waals surface area contributed by atoms with Crippen LogP contribution in [0, 0.1) is 0 Å². The van der Waals surface area contributed by atoms with E-state index < -0.39 is 11.9 Å². The minimum absolute atomic E-state index is 0.0143. The van der Waals surface area contributed by atoms with Crippen LogP contribution in [0.5, 0.6) is 0 Å². The van der Waals surface area contributed by atoms with Crippen molar-refractivity contribution in [3.63, 3.8) is 0 Å². The average Bonchev–Trinajstić information content (AvgIpc) is 2.41. The molecule has 0 aliphatic heterocycles. The Hall–Kier alpha value is -1.82. The van der Waals surface area contributed by atoms with E-state index in [1.54, 1.807) is 24.3 Å². The van der Waals surface area contributed by atoms with E-state index >= 15 is 0 Å². The summed E-state index contributed by atoms with van der Waals surface area (Å²) in [5.41, 5.74) is 0.469. The van der Waals surface area contributed by atoms with E-state index in [2.05, 4.69) is 15.6 Å². The van der Waals surface area contributed by atoms with Crippen LogP contribution in [0.2, 0.25) is 15.1 Å². The van der Waals surface area contributed by atoms with Crippen LogP contribution in [0.1, 0.15) is 10.4 Å². The predicted molar refractivity (Wildman–Crippen MR) is 82.2 cm³/mol. The van der Waals surface area contributed by atoms with Crippen LogP contribution in [-0.2, 0) is 0 Å². The molecule has 8 heteroatoms. The van der Waals surface area contributed by atoms with Gasteiger partial charge in [-0.3, -0.25) is 15.1 Å². The molecule has 1 heterocycles. The zero-order valence-electron chi connectivity index (χ0n) is 10.4. The molecule has 0 atom stereocenters. The first kappa shape index (κ1) is 15.6. The molecule has 0 aliphatic carbocycles. The van der Waals surface area contributed by atoms with E-state index in [0.717, 1.165) is 0 Å². The number of anilines is 1. The second-order valence-corrected chi connectivity index (χ2v) is 5.14. The van der Waals surface area contributed by atoms with Gasteiger partial charge in [0.05, 0.1) is 15.6 Å². The average molecular weight is 345 g/mol. The molecular weight excluding hydrogens is 337 g/mol. The van der Waals surface area contributed by atoms with Crippen LogP contribution in [0.3, 0.4) is 0 Å². The molecular formula is C13H8Cl3N3O2. The van der Waals surface area contributed by atoms with Gasteiger partial charge in [-0.2, -0.15) is 0 Å². The summed E-state index contributed by atoms with van der Waals surface area (Å²) < 4.78 is 0. The maximum absolute atomic E-state index is 12.0. The van der Waals surface area contributed by atoms with Gasteiger partial charge in [-0.1, -0.05) is 34.8 Å². The summed E-state index contributed by atoms with van der Waals surface area (Å²) in [5, 5.41) is 5.24. The minimum atomic E-state index is -0.723. The number of amides is 3. The fourth-order valence-electron chi connectivity index (χ4n) is 1.49. The van der Waals surface area contributed by atoms with Crippen LogP contribution in [0.15, 0.2) is 36.7 Å². The molecule has 2 N–H and O–H groups in total. The summed E-state index contributed by atoms with van der Waals surface area (Å²) in [6.45, 7) is 0. The number of rotatable bonds is 2. The van der Waals surface area contributed by atoms with Gasteiger partial charge in [0.15, 0.2) is 0 Å². The SMILES string of the molecule is O=C(NC(=O)c1c(Cl)cncc1Cl)Nc1ccc(Cl)cc1. The van der Waals surface area contributed by atoms with Crippen LogP contribution < -0.4 is 10.6 Å². The van der Waals surface area contributed by atoms with Gasteiger partial charge >= 0.3 is 6.03 Å². The molecule has 0 bridgehead atoms. The van der Waals surface area contributed by atoms with Crippen molar-refractivity contribution in [1.29, 1.82) is 0 Å². The van der Waals surface area contributed by atoms with Crippen molar-refractivity contribution in [1.82, 2.24) is 10.3 Å². The maximum atomic E-state index is 12.0. The highest BCUT2D eigenvalue weighted by molar-refractivity contribution is 6.39. The number of aromatic nitrogens is 1. The first-order valence-corrected chi connectivity index (χ1v) is 6.77. The van der Waals surface area contributed by atoms with Crippen molar-refractivity contribution in [2.24, 2.45) is 0 Å². The molecule has 5 nitrogen and oxygen atoms in total. The molecule has 2 rings (SSSR count). The number of hydrogen-bond donors (Lipinski definition) is 2. The first-order valence-electron chi connectivity index (χ1n) is 5.64. The normalized spacial score (nSPS) is 10.0. The Morgan fingerprint density at radius 2 is 1.52 bits per heavy atom. The highest BCUT2D eigenvalue weighted by Crippen LogP contribution is 2.22. The number of nitrogens with one attached hydrogen (secondary N) is 2. The Balaban J connectivity index is 2.06. The lowest BCUT2D eigenvalue weighted by atomic mass is 10.2. The lowest BCUT2D eigenvalue weighted by molar-refractivity contribution is 0.0967. The van der Waals surface area contributed by atoms with Gasteiger partial charge in [0.2, 0.25) is 0 Å². The molecule has 3 amide bonds. The van der Waals surface area contributed by atoms with Crippen LogP contribution in [0.4, 0.5) is 10.5 Å². The first-order chi connectivity index (χ1) is 9.97. The lowest BCUT2D eigenvalue weighted by Gasteiger charge is -2.08. The highest BCUT2D eigenvalue weighted by Gasteiger charge is 2.17. The zero-order valence-corrected chi connectivity index (χ0v) is 12.6. The lowest BCUT2D eigenvalue weighted by Crippen LogP contribution is -2.34. The number of carbonyl (C=O) groups is 2. The fraction of sp³-hybridized carbons (Fsp3) is 0. The van der Waals surface area contributed by atoms with Gasteiger partial charge < -0.3 is 5.32 Å². The molecule has 0 fully saturated rings. The third kappa shape index (κ3) is 4.07. The number of urea groups is 1. The Labute approximate surface area is 135 Å². The van der Waals surface area contributed by atoms with Gasteiger partial charge in [0.1, 0.15) is 0 Å². The second kappa shape index (κ2) is 6.76. The van der Waals surface area contributed by atoms with Crippen LogP contribution in [-0.4, -0.2) is 16.9 Å². The smallest absolute Gasteiger partial charge is 0.308 e. The number of carbonyl (C=O) groups excluding carboxylic acids is 2. The van der Waals surface area contributed by atoms with E-state index in [1.807, 2.05) is 0 Å². The summed E-state index contributed by atoms with van der Waals surface area (Å²) in [4.78, 5) is 27.4. The van der Waals surface area contributed by atoms with Gasteiger partial charge in [0, 0.05) is 23.1 Å². The fourth-order valence-corrected chi connectivity index (χ4v) is 2.15. The minimum Gasteiger partial charge on any atom is -0.308 e. The molecule has 1 aromatic heterocycles. The van der Waals surface area contributed by atoms with Gasteiger partial charge in [-0.25, -0.2) is 4.79 Å². The van der Waals surface area contributed by atoms with Crippen LogP contribution >= 0.6 is 34.8 Å². The number of imide groups is 1. The third-order valence-corrected chi connectivity index (χ3v) is 3.23. The van der Waals surface area contributed by atoms with Gasteiger partial charge in [0.25, 0.3) is 5.91 Å². The van der Waals surface area contributed by atoms with Crippen molar-refractivity contribution in [3.8, 4) is 0 Å². The predicted octanol–water partition coefficient (Wildman–Crippen LogP) is 4.00. The Kier molecular flexibility index (Phi) is 5.01. The molecule has 108 valence electrons. The summed E-state index contributed by atoms with van der Waals surface area (Å²) in [6, 6.07) is 5.69. The number of halogens is 3. The van der Waals surface area contributed by atoms with Crippen molar-refractivity contribution in [2.75, 3.05) is 5.32 Å². The molecule has 0 aliphatic rings. The molecule has 0 unspecified atom stereocenters. The quantitative estimate of drug-likeness (QED) is 0.865. The number of benzene rings is 1. The number of hydrogen-bond acceptors (Lipinski definition) is 3. The summed E-state index contributed by atoms with van der Waals surface area (Å²) in [5.74, 6) is -0.723. The van der Waals surface area contributed by atoms with E-state index in [1.165, 1.54) is 12.4 Å². The molecule has 1 aromatic carbocycles. The molecule has 21 heavy (non-hydrogen) atoms. The Morgan fingerprint density at radius 1 is 0.952 bits per heavy atom. The van der Waals surface area contributed by atoms with Crippen molar-refractivity contribution >= 4 is 52.4 Å². The largest absolute Gasteiger partial charge is 0.326 e. The topological polar surface area (TPSA) is 71.1 Å². The molecule has 2 aromatic rings. The molecule has 0 spiro atoms. The van der Waals surface area contributed by atoms with E-state index in [-0.39, 0.29) is 15.6 Å². The van der Waals surface area contributed by atoms with Crippen molar-refractivity contribution < 1.29 is 9.59 Å². The summed E-state index contributed by atoms with van der Waals surface area (Å²) in [7, 11) is 0. The van der Waals surface area contributed by atoms with Crippen molar-refractivity contribution in [2.45, 2.75) is 0 Å². The second-order valence-electron chi connectivity index (χ2n) is 3.89. The standard InChI is InChI=1S/C13H8Cl3N3O2/c14-7-1-3-8(4-2-7)18-13(21)19-12(20)11-9(15)5-17-6-10(11)16/h1-6H,(H2,18,19,20,21). The van der Waals surface area contributed by atoms with Crippen LogP contribution in [0.25, 0.3) is 0 Å². The summed E-state index contributed by atoms with van der Waals surface area (Å²) in [6.07, 6.45) is 2.53.